The molecule has 1 heterocycles. The van der Waals surface area contributed by atoms with Crippen LogP contribution in [0.4, 0.5) is 0 Å². The molecule has 2 N–H and O–H groups in total. The molecule has 2 saturated carbocycles. The van der Waals surface area contributed by atoms with Gasteiger partial charge in [0.2, 0.25) is 5.91 Å². The summed E-state index contributed by atoms with van der Waals surface area (Å²) in [6.07, 6.45) is 6.59. The Hall–Kier alpha value is -2.63. The topological polar surface area (TPSA) is 94.9 Å². The SMILES string of the molecule is C[C@]12CC(C(=O)O)C(=O)N(Cc3ccccc3)C1CC[C@@H]1[C@H]2CC[C@]2(C)C(C(=O)O)=CC[C@@H]12. The summed E-state index contributed by atoms with van der Waals surface area (Å²) < 4.78 is 0. The molecule has 0 radical (unpaired) electrons. The van der Waals surface area contributed by atoms with Crippen molar-refractivity contribution in [2.75, 3.05) is 0 Å². The van der Waals surface area contributed by atoms with Gasteiger partial charge in [0, 0.05) is 23.6 Å². The molecule has 1 aromatic carbocycles. The van der Waals surface area contributed by atoms with Gasteiger partial charge in [0.15, 0.2) is 0 Å². The number of piperidine rings is 1. The molecule has 176 valence electrons. The second-order valence-electron chi connectivity index (χ2n) is 11.1. The first-order valence-electron chi connectivity index (χ1n) is 12.2. The first-order chi connectivity index (χ1) is 15.7. The van der Waals surface area contributed by atoms with Crippen molar-refractivity contribution in [1.82, 2.24) is 4.90 Å². The van der Waals surface area contributed by atoms with E-state index in [9.17, 15) is 24.6 Å². The second-order valence-corrected chi connectivity index (χ2v) is 11.1. The third kappa shape index (κ3) is 3.24. The summed E-state index contributed by atoms with van der Waals surface area (Å²) >= 11 is 0. The van der Waals surface area contributed by atoms with Crippen LogP contribution in [0.1, 0.15) is 57.9 Å². The van der Waals surface area contributed by atoms with Crippen molar-refractivity contribution in [2.45, 2.75) is 65.0 Å². The van der Waals surface area contributed by atoms with Crippen LogP contribution in [-0.4, -0.2) is 39.0 Å². The van der Waals surface area contributed by atoms with E-state index >= 15 is 0 Å². The second kappa shape index (κ2) is 7.71. The molecule has 1 aromatic rings. The van der Waals surface area contributed by atoms with Crippen molar-refractivity contribution in [2.24, 2.45) is 34.5 Å². The number of allylic oxidation sites excluding steroid dienone is 1. The number of likely N-dealkylation sites (tertiary alicyclic amines) is 1. The molecule has 3 fully saturated rings. The van der Waals surface area contributed by atoms with E-state index in [1.807, 2.05) is 41.3 Å². The van der Waals surface area contributed by atoms with Crippen molar-refractivity contribution >= 4 is 17.8 Å². The fraction of sp³-hybridized carbons (Fsp3) is 0.593. The summed E-state index contributed by atoms with van der Waals surface area (Å²) in [4.78, 5) is 39.3. The minimum atomic E-state index is -1.03. The predicted octanol–water partition coefficient (Wildman–Crippen LogP) is 4.35. The van der Waals surface area contributed by atoms with Crippen LogP contribution in [0.25, 0.3) is 0 Å². The average Bonchev–Trinajstić information content (AvgIpc) is 3.14. The number of carbonyl (C=O) groups excluding carboxylic acids is 1. The van der Waals surface area contributed by atoms with Gasteiger partial charge in [0.1, 0.15) is 5.92 Å². The molecule has 5 rings (SSSR count). The number of nitrogens with zero attached hydrogens (tertiary/aromatic N) is 1. The van der Waals surface area contributed by atoms with E-state index in [-0.39, 0.29) is 28.7 Å². The van der Waals surface area contributed by atoms with Crippen LogP contribution in [0, 0.1) is 34.5 Å². The Morgan fingerprint density at radius 1 is 1.06 bits per heavy atom. The molecule has 3 aliphatic carbocycles. The minimum absolute atomic E-state index is 0.0136. The molecule has 6 heteroatoms. The highest BCUT2D eigenvalue weighted by atomic mass is 16.4. The Morgan fingerprint density at radius 2 is 1.79 bits per heavy atom. The van der Waals surface area contributed by atoms with Gasteiger partial charge in [-0.2, -0.15) is 0 Å². The highest BCUT2D eigenvalue weighted by molar-refractivity contribution is 5.98. The van der Waals surface area contributed by atoms with Gasteiger partial charge in [-0.1, -0.05) is 50.3 Å². The first-order valence-corrected chi connectivity index (χ1v) is 12.2. The zero-order valence-electron chi connectivity index (χ0n) is 19.4. The Morgan fingerprint density at radius 3 is 2.45 bits per heavy atom. The fourth-order valence-corrected chi connectivity index (χ4v) is 8.18. The number of fused-ring (bicyclic) bond motifs is 5. The number of amides is 1. The molecular weight excluding hydrogens is 418 g/mol. The lowest BCUT2D eigenvalue weighted by atomic mass is 9.46. The molecule has 0 bridgehead atoms. The molecule has 0 spiro atoms. The number of carboxylic acid groups (broad SMARTS) is 2. The standard InChI is InChI=1S/C27H33NO5/c1-26-13-12-20-17(19(26)9-10-21(26)25(32)33)8-11-22-27(20,2)14-18(24(30)31)23(29)28(22)15-16-6-4-3-5-7-16/h3-7,10,17-20,22H,8-9,11-15H2,1-2H3,(H,30,31)(H,32,33)/t17-,18?,19-,20+,22?,26-,27+/m0/s1. The Balaban J connectivity index is 1.49. The summed E-state index contributed by atoms with van der Waals surface area (Å²) in [5, 5.41) is 19.7. The van der Waals surface area contributed by atoms with Crippen LogP contribution in [-0.2, 0) is 20.9 Å². The largest absolute Gasteiger partial charge is 0.481 e. The van der Waals surface area contributed by atoms with Crippen molar-refractivity contribution in [1.29, 1.82) is 0 Å². The molecule has 1 saturated heterocycles. The van der Waals surface area contributed by atoms with E-state index in [4.69, 9.17) is 0 Å². The van der Waals surface area contributed by atoms with Gasteiger partial charge in [-0.25, -0.2) is 4.79 Å². The lowest BCUT2D eigenvalue weighted by Crippen LogP contribution is -2.64. The van der Waals surface area contributed by atoms with Gasteiger partial charge in [0.05, 0.1) is 0 Å². The third-order valence-electron chi connectivity index (χ3n) is 9.73. The molecule has 6 nitrogen and oxygen atoms in total. The zero-order chi connectivity index (χ0) is 23.5. The van der Waals surface area contributed by atoms with Crippen LogP contribution in [0.15, 0.2) is 42.0 Å². The highest BCUT2D eigenvalue weighted by Crippen LogP contribution is 2.65. The monoisotopic (exact) mass is 451 g/mol. The third-order valence-corrected chi connectivity index (χ3v) is 9.73. The van der Waals surface area contributed by atoms with E-state index < -0.39 is 17.9 Å². The molecule has 7 atom stereocenters. The van der Waals surface area contributed by atoms with Crippen LogP contribution >= 0.6 is 0 Å². The average molecular weight is 452 g/mol. The van der Waals surface area contributed by atoms with Crippen LogP contribution in [0.2, 0.25) is 0 Å². The summed E-state index contributed by atoms with van der Waals surface area (Å²) in [6.45, 7) is 4.76. The summed E-state index contributed by atoms with van der Waals surface area (Å²) in [7, 11) is 0. The maximum atomic E-state index is 13.4. The Bertz CT molecular complexity index is 1020. The molecule has 4 aliphatic rings. The van der Waals surface area contributed by atoms with Crippen molar-refractivity contribution < 1.29 is 24.6 Å². The number of hydrogen-bond acceptors (Lipinski definition) is 3. The van der Waals surface area contributed by atoms with Gasteiger partial charge in [0.25, 0.3) is 0 Å². The normalized spacial score (nSPS) is 39.8. The lowest BCUT2D eigenvalue weighted by Gasteiger charge is -2.62. The predicted molar refractivity (Wildman–Crippen MR) is 122 cm³/mol. The molecular formula is C27H33NO5. The van der Waals surface area contributed by atoms with E-state index in [1.54, 1.807) is 0 Å². The Labute approximate surface area is 194 Å². The molecule has 1 amide bonds. The number of aliphatic carboxylic acids is 2. The van der Waals surface area contributed by atoms with E-state index in [2.05, 4.69) is 13.8 Å². The summed E-state index contributed by atoms with van der Waals surface area (Å²) in [5.74, 6) is -2.17. The van der Waals surface area contributed by atoms with Crippen LogP contribution < -0.4 is 0 Å². The van der Waals surface area contributed by atoms with Crippen LogP contribution in [0.3, 0.4) is 0 Å². The van der Waals surface area contributed by atoms with E-state index in [0.717, 1.165) is 37.7 Å². The molecule has 2 unspecified atom stereocenters. The lowest BCUT2D eigenvalue weighted by molar-refractivity contribution is -0.178. The van der Waals surface area contributed by atoms with E-state index in [0.29, 0.717) is 30.4 Å². The quantitative estimate of drug-likeness (QED) is 0.664. The summed E-state index contributed by atoms with van der Waals surface area (Å²) in [6, 6.07) is 9.83. The first kappa shape index (κ1) is 22.2. The van der Waals surface area contributed by atoms with Gasteiger partial charge in [-0.15, -0.1) is 0 Å². The minimum Gasteiger partial charge on any atom is -0.481 e. The van der Waals surface area contributed by atoms with Gasteiger partial charge in [-0.3, -0.25) is 9.59 Å². The number of benzene rings is 1. The van der Waals surface area contributed by atoms with Crippen molar-refractivity contribution in [3.8, 4) is 0 Å². The number of carboxylic acids is 2. The molecule has 33 heavy (non-hydrogen) atoms. The van der Waals surface area contributed by atoms with E-state index in [1.165, 1.54) is 0 Å². The van der Waals surface area contributed by atoms with Gasteiger partial charge >= 0.3 is 11.9 Å². The maximum Gasteiger partial charge on any atom is 0.331 e. The number of carbonyl (C=O) groups is 3. The number of hydrogen-bond donors (Lipinski definition) is 2. The molecule has 1 aliphatic heterocycles. The van der Waals surface area contributed by atoms with Gasteiger partial charge < -0.3 is 15.1 Å². The van der Waals surface area contributed by atoms with Gasteiger partial charge in [-0.05, 0) is 67.3 Å². The Kier molecular flexibility index (Phi) is 5.18. The summed E-state index contributed by atoms with van der Waals surface area (Å²) in [5.41, 5.74) is 0.980. The van der Waals surface area contributed by atoms with Crippen molar-refractivity contribution in [3.05, 3.63) is 47.5 Å². The van der Waals surface area contributed by atoms with Crippen molar-refractivity contribution in [3.63, 3.8) is 0 Å². The zero-order valence-corrected chi connectivity index (χ0v) is 19.4. The van der Waals surface area contributed by atoms with Crippen LogP contribution in [0.5, 0.6) is 0 Å². The highest BCUT2D eigenvalue weighted by Gasteiger charge is 2.62. The smallest absolute Gasteiger partial charge is 0.331 e. The molecule has 0 aromatic heterocycles. The maximum absolute atomic E-state index is 13.4. The number of rotatable bonds is 4. The fourth-order valence-electron chi connectivity index (χ4n) is 8.18.